The third-order valence-electron chi connectivity index (χ3n) is 2.65. The molecular weight excluding hydrogens is 266 g/mol. The van der Waals surface area contributed by atoms with Crippen LogP contribution in [0.25, 0.3) is 4.91 Å². The van der Waals surface area contributed by atoms with Gasteiger partial charge in [-0.1, -0.05) is 30.5 Å². The summed E-state index contributed by atoms with van der Waals surface area (Å²) in [5, 5.41) is 5.03. The Morgan fingerprint density at radius 3 is 2.85 bits per heavy atom. The van der Waals surface area contributed by atoms with Gasteiger partial charge in [-0.15, -0.1) is 0 Å². The van der Waals surface area contributed by atoms with Crippen LogP contribution in [0.2, 0.25) is 0 Å². The topological polar surface area (TPSA) is 37.8 Å². The number of hydrogen-bond donors (Lipinski definition) is 1. The van der Waals surface area contributed by atoms with Crippen molar-refractivity contribution < 1.29 is 0 Å². The second-order valence-electron chi connectivity index (χ2n) is 4.19. The summed E-state index contributed by atoms with van der Waals surface area (Å²) in [5.74, 6) is 1.58. The molecule has 0 atom stereocenters. The molecule has 0 amide bonds. The lowest BCUT2D eigenvalue weighted by Gasteiger charge is -2.08. The molecule has 0 saturated carbocycles. The average molecular weight is 283 g/mol. The van der Waals surface area contributed by atoms with Crippen molar-refractivity contribution in [2.45, 2.75) is 13.8 Å². The van der Waals surface area contributed by atoms with E-state index in [2.05, 4.69) is 21.9 Å². The number of rotatable bonds is 5. The Hall–Kier alpha value is -2.07. The van der Waals surface area contributed by atoms with Crippen molar-refractivity contribution in [1.29, 1.82) is 0 Å². The van der Waals surface area contributed by atoms with Crippen molar-refractivity contribution >= 4 is 28.3 Å². The van der Waals surface area contributed by atoms with Crippen LogP contribution in [0.1, 0.15) is 18.2 Å². The van der Waals surface area contributed by atoms with Crippen LogP contribution in [-0.2, 0) is 0 Å². The number of aromatic nitrogens is 2. The van der Waals surface area contributed by atoms with Crippen LogP contribution in [0, 0.1) is 6.92 Å². The van der Waals surface area contributed by atoms with Crippen LogP contribution >= 0.6 is 11.8 Å². The average Bonchev–Trinajstić information content (AvgIpc) is 2.45. The molecule has 0 radical (unpaired) electrons. The van der Waals surface area contributed by atoms with Gasteiger partial charge in [0.2, 0.25) is 0 Å². The minimum absolute atomic E-state index is 0.782. The van der Waals surface area contributed by atoms with Crippen molar-refractivity contribution in [2.24, 2.45) is 0 Å². The van der Waals surface area contributed by atoms with Gasteiger partial charge in [0.15, 0.2) is 0 Å². The van der Waals surface area contributed by atoms with E-state index in [0.717, 1.165) is 27.8 Å². The van der Waals surface area contributed by atoms with Crippen molar-refractivity contribution in [3.63, 3.8) is 0 Å². The quantitative estimate of drug-likeness (QED) is 0.858. The first-order chi connectivity index (χ1) is 9.72. The monoisotopic (exact) mass is 283 g/mol. The van der Waals surface area contributed by atoms with Gasteiger partial charge in [0.05, 0.1) is 5.69 Å². The zero-order valence-corrected chi connectivity index (χ0v) is 12.4. The molecule has 102 valence electrons. The van der Waals surface area contributed by atoms with Crippen molar-refractivity contribution in [3.05, 3.63) is 65.8 Å². The lowest BCUT2D eigenvalue weighted by molar-refractivity contribution is 1.22. The number of nitrogens with zero attached hydrogens (tertiary/aromatic N) is 2. The summed E-state index contributed by atoms with van der Waals surface area (Å²) >= 11 is 1.57. The Morgan fingerprint density at radius 1 is 1.30 bits per heavy atom. The molecule has 0 spiro atoms. The first kappa shape index (κ1) is 14.3. The van der Waals surface area contributed by atoms with E-state index in [9.17, 15) is 0 Å². The first-order valence-electron chi connectivity index (χ1n) is 6.34. The predicted octanol–water partition coefficient (Wildman–Crippen LogP) is 4.77. The van der Waals surface area contributed by atoms with E-state index in [1.54, 1.807) is 23.4 Å². The SMILES string of the molecule is C=CS/C(=C\C)c1cccc(Nc2cc(C)ccn2)n1. The van der Waals surface area contributed by atoms with Gasteiger partial charge in [-0.3, -0.25) is 0 Å². The highest BCUT2D eigenvalue weighted by atomic mass is 32.2. The molecule has 4 heteroatoms. The highest BCUT2D eigenvalue weighted by Gasteiger charge is 2.04. The maximum Gasteiger partial charge on any atom is 0.132 e. The lowest BCUT2D eigenvalue weighted by Crippen LogP contribution is -1.97. The molecule has 0 aliphatic heterocycles. The first-order valence-corrected chi connectivity index (χ1v) is 7.22. The summed E-state index contributed by atoms with van der Waals surface area (Å²) < 4.78 is 0. The van der Waals surface area contributed by atoms with E-state index in [4.69, 9.17) is 0 Å². The molecule has 0 unspecified atom stereocenters. The molecule has 0 aromatic carbocycles. The zero-order chi connectivity index (χ0) is 14.4. The lowest BCUT2D eigenvalue weighted by atomic mass is 10.3. The minimum atomic E-state index is 0.782. The third-order valence-corrected chi connectivity index (χ3v) is 3.51. The van der Waals surface area contributed by atoms with Gasteiger partial charge in [-0.25, -0.2) is 9.97 Å². The van der Waals surface area contributed by atoms with Gasteiger partial charge in [-0.05, 0) is 49.1 Å². The second-order valence-corrected chi connectivity index (χ2v) is 5.20. The highest BCUT2D eigenvalue weighted by Crippen LogP contribution is 2.27. The number of hydrogen-bond acceptors (Lipinski definition) is 4. The molecule has 0 saturated heterocycles. The minimum Gasteiger partial charge on any atom is -0.325 e. The van der Waals surface area contributed by atoms with Gasteiger partial charge in [0.1, 0.15) is 11.6 Å². The molecule has 1 N–H and O–H groups in total. The zero-order valence-electron chi connectivity index (χ0n) is 11.6. The number of pyridine rings is 2. The Labute approximate surface area is 123 Å². The van der Waals surface area contributed by atoms with Crippen LogP contribution < -0.4 is 5.32 Å². The summed E-state index contributed by atoms with van der Waals surface area (Å²) in [6, 6.07) is 9.85. The summed E-state index contributed by atoms with van der Waals surface area (Å²) in [6.45, 7) is 7.78. The normalized spacial score (nSPS) is 11.2. The molecule has 2 aromatic rings. The van der Waals surface area contributed by atoms with Crippen LogP contribution in [0.5, 0.6) is 0 Å². The van der Waals surface area contributed by atoms with Crippen LogP contribution in [0.15, 0.2) is 54.6 Å². The smallest absolute Gasteiger partial charge is 0.132 e. The molecule has 0 aliphatic carbocycles. The Bertz CT molecular complexity index is 635. The number of thioether (sulfide) groups is 1. The maximum atomic E-state index is 4.60. The van der Waals surface area contributed by atoms with Gasteiger partial charge in [0, 0.05) is 11.1 Å². The van der Waals surface area contributed by atoms with E-state index < -0.39 is 0 Å². The molecule has 0 bridgehead atoms. The van der Waals surface area contributed by atoms with E-state index in [0.29, 0.717) is 0 Å². The van der Waals surface area contributed by atoms with E-state index in [1.165, 1.54) is 0 Å². The third kappa shape index (κ3) is 3.71. The standard InChI is InChI=1S/C16H17N3S/c1-4-14(20-5-2)13-7-6-8-15(18-13)19-16-11-12(3)9-10-17-16/h4-11H,2H2,1,3H3,(H,17,18,19)/b14-4-. The number of aryl methyl sites for hydroxylation is 1. The number of allylic oxidation sites excluding steroid dienone is 1. The molecule has 0 aliphatic rings. The largest absolute Gasteiger partial charge is 0.325 e. The fourth-order valence-electron chi connectivity index (χ4n) is 1.74. The van der Waals surface area contributed by atoms with E-state index in [1.807, 2.05) is 50.3 Å². The molecule has 2 rings (SSSR count). The molecule has 0 fully saturated rings. The van der Waals surface area contributed by atoms with Crippen LogP contribution in [-0.4, -0.2) is 9.97 Å². The van der Waals surface area contributed by atoms with Crippen LogP contribution in [0.3, 0.4) is 0 Å². The van der Waals surface area contributed by atoms with Crippen LogP contribution in [0.4, 0.5) is 11.6 Å². The molecule has 20 heavy (non-hydrogen) atoms. The summed E-state index contributed by atoms with van der Waals surface area (Å²) in [5.41, 5.74) is 2.09. The highest BCUT2D eigenvalue weighted by molar-refractivity contribution is 8.10. The molecule has 2 heterocycles. The Balaban J connectivity index is 2.24. The molecule has 2 aromatic heterocycles. The second kappa shape index (κ2) is 6.91. The summed E-state index contributed by atoms with van der Waals surface area (Å²) in [4.78, 5) is 9.96. The Morgan fingerprint density at radius 2 is 2.15 bits per heavy atom. The summed E-state index contributed by atoms with van der Waals surface area (Å²) in [7, 11) is 0. The van der Waals surface area contributed by atoms with Crippen molar-refractivity contribution in [1.82, 2.24) is 9.97 Å². The predicted molar refractivity (Wildman–Crippen MR) is 87.9 cm³/mol. The molecule has 3 nitrogen and oxygen atoms in total. The van der Waals surface area contributed by atoms with Gasteiger partial charge >= 0.3 is 0 Å². The van der Waals surface area contributed by atoms with E-state index >= 15 is 0 Å². The van der Waals surface area contributed by atoms with Gasteiger partial charge in [0.25, 0.3) is 0 Å². The fourth-order valence-corrected chi connectivity index (χ4v) is 2.29. The van der Waals surface area contributed by atoms with Gasteiger partial charge in [-0.2, -0.15) is 0 Å². The van der Waals surface area contributed by atoms with Crippen molar-refractivity contribution in [2.75, 3.05) is 5.32 Å². The molecular formula is C16H17N3S. The fraction of sp³-hybridized carbons (Fsp3) is 0.125. The number of nitrogens with one attached hydrogen (secondary N) is 1. The number of anilines is 2. The van der Waals surface area contributed by atoms with Gasteiger partial charge < -0.3 is 5.32 Å². The summed E-state index contributed by atoms with van der Waals surface area (Å²) in [6.07, 6.45) is 3.82. The Kier molecular flexibility index (Phi) is 4.96. The van der Waals surface area contributed by atoms with E-state index in [-0.39, 0.29) is 0 Å². The maximum absolute atomic E-state index is 4.60. The van der Waals surface area contributed by atoms with Crippen molar-refractivity contribution in [3.8, 4) is 0 Å².